The van der Waals surface area contributed by atoms with Gasteiger partial charge in [-0.25, -0.2) is 4.79 Å². The summed E-state index contributed by atoms with van der Waals surface area (Å²) in [5.41, 5.74) is 0. The first kappa shape index (κ1) is 47.9. The van der Waals surface area contributed by atoms with E-state index in [0.717, 1.165) is 44.9 Å². The predicted octanol–water partition coefficient (Wildman–Crippen LogP) is 2.82. The Balaban J connectivity index is 3.64. The first-order chi connectivity index (χ1) is 24.6. The molecule has 1 atom stereocenters. The Morgan fingerprint density at radius 3 is 1.53 bits per heavy atom. The molecular weight excluding hydrogens is 664 g/mol. The zero-order valence-electron chi connectivity index (χ0n) is 31.2. The maximum atomic E-state index is 12.2. The number of carboxylic acid groups (broad SMARTS) is 1. The number of ether oxygens (including phenoxy) is 4. The highest BCUT2D eigenvalue weighted by molar-refractivity contribution is 5.84. The second kappa shape index (κ2) is 35.3. The number of unbranched alkanes of at least 4 members (excludes halogenated alkanes) is 10. The molecule has 0 aromatic carbocycles. The number of carboxylic acids is 1. The molecule has 0 aliphatic rings. The van der Waals surface area contributed by atoms with Crippen LogP contribution in [0.5, 0.6) is 0 Å². The highest BCUT2D eigenvalue weighted by atomic mass is 16.5. The van der Waals surface area contributed by atoms with Gasteiger partial charge >= 0.3 is 5.97 Å². The number of nitrogens with one attached hydrogen (secondary N) is 4. The summed E-state index contributed by atoms with van der Waals surface area (Å²) >= 11 is 0. The molecule has 0 aromatic heterocycles. The van der Waals surface area contributed by atoms with Crippen LogP contribution in [0, 0.1) is 0 Å². The van der Waals surface area contributed by atoms with Gasteiger partial charge < -0.3 is 50.1 Å². The Kier molecular flexibility index (Phi) is 33.1. The van der Waals surface area contributed by atoms with Crippen LogP contribution in [-0.4, -0.2) is 119 Å². The van der Waals surface area contributed by atoms with Crippen molar-refractivity contribution in [3.8, 4) is 0 Å². The molecule has 296 valence electrons. The van der Waals surface area contributed by atoms with Crippen molar-refractivity contribution >= 4 is 35.4 Å². The average Bonchev–Trinajstić information content (AvgIpc) is 3.09. The molecule has 0 radical (unpaired) electrons. The van der Waals surface area contributed by atoms with Gasteiger partial charge in [-0.3, -0.25) is 19.2 Å². The second-order valence-corrected chi connectivity index (χ2v) is 12.5. The molecule has 0 saturated carbocycles. The zero-order chi connectivity index (χ0) is 37.8. The predicted molar refractivity (Wildman–Crippen MR) is 192 cm³/mol. The van der Waals surface area contributed by atoms with Crippen LogP contribution in [0.2, 0.25) is 0 Å². The van der Waals surface area contributed by atoms with Crippen LogP contribution < -0.4 is 21.3 Å². The molecular formula is C36H66N4O11. The van der Waals surface area contributed by atoms with Crippen molar-refractivity contribution in [1.82, 2.24) is 21.3 Å². The maximum absolute atomic E-state index is 12.2. The SMILES string of the molecule is CCCCCCCCCCCC(=O)NC(CCC(=O)NCCOCCOCC(=O)NCCOCCOCC(=O)NCCCCCC(C)=O)C(=O)O. The number of carbonyl (C=O) groups excluding carboxylic acids is 5. The van der Waals surface area contributed by atoms with E-state index in [9.17, 15) is 33.9 Å². The van der Waals surface area contributed by atoms with E-state index in [0.29, 0.717) is 19.5 Å². The highest BCUT2D eigenvalue weighted by Gasteiger charge is 2.20. The van der Waals surface area contributed by atoms with Gasteiger partial charge in [0.15, 0.2) is 0 Å². The van der Waals surface area contributed by atoms with Crippen LogP contribution >= 0.6 is 0 Å². The zero-order valence-corrected chi connectivity index (χ0v) is 31.2. The van der Waals surface area contributed by atoms with Crippen LogP contribution in [0.25, 0.3) is 0 Å². The summed E-state index contributed by atoms with van der Waals surface area (Å²) in [5, 5.41) is 20.0. The maximum Gasteiger partial charge on any atom is 0.326 e. The fourth-order valence-corrected chi connectivity index (χ4v) is 4.78. The molecule has 4 amide bonds. The molecule has 0 saturated heterocycles. The van der Waals surface area contributed by atoms with Crippen molar-refractivity contribution in [1.29, 1.82) is 0 Å². The monoisotopic (exact) mass is 730 g/mol. The van der Waals surface area contributed by atoms with Crippen LogP contribution in [0.1, 0.15) is 117 Å². The number of aliphatic carboxylic acids is 1. The van der Waals surface area contributed by atoms with Crippen molar-refractivity contribution in [2.45, 2.75) is 123 Å². The minimum atomic E-state index is -1.17. The van der Waals surface area contributed by atoms with Crippen molar-refractivity contribution in [2.75, 3.05) is 72.5 Å². The molecule has 0 bridgehead atoms. The number of ketones is 1. The van der Waals surface area contributed by atoms with E-state index in [1.807, 2.05) is 0 Å². The lowest BCUT2D eigenvalue weighted by molar-refractivity contribution is -0.142. The third kappa shape index (κ3) is 35.1. The molecule has 1 unspecified atom stereocenters. The van der Waals surface area contributed by atoms with E-state index >= 15 is 0 Å². The number of rotatable bonds is 37. The van der Waals surface area contributed by atoms with Gasteiger partial charge in [0.1, 0.15) is 25.0 Å². The summed E-state index contributed by atoms with van der Waals surface area (Å²) in [6.07, 6.45) is 13.5. The van der Waals surface area contributed by atoms with Gasteiger partial charge in [0, 0.05) is 38.9 Å². The number of carbonyl (C=O) groups is 6. The van der Waals surface area contributed by atoms with E-state index in [4.69, 9.17) is 18.9 Å². The van der Waals surface area contributed by atoms with E-state index in [2.05, 4.69) is 28.2 Å². The largest absolute Gasteiger partial charge is 0.480 e. The van der Waals surface area contributed by atoms with Gasteiger partial charge in [-0.05, 0) is 32.6 Å². The molecule has 0 rings (SSSR count). The van der Waals surface area contributed by atoms with Gasteiger partial charge in [-0.15, -0.1) is 0 Å². The van der Waals surface area contributed by atoms with Crippen LogP contribution in [-0.2, 0) is 47.7 Å². The topological polar surface area (TPSA) is 208 Å². The molecule has 0 aromatic rings. The molecule has 0 aliphatic heterocycles. The minimum Gasteiger partial charge on any atom is -0.480 e. The smallest absolute Gasteiger partial charge is 0.326 e. The molecule has 0 heterocycles. The van der Waals surface area contributed by atoms with Crippen molar-refractivity contribution in [3.05, 3.63) is 0 Å². The third-order valence-corrected chi connectivity index (χ3v) is 7.68. The number of hydrogen-bond donors (Lipinski definition) is 5. The standard InChI is InChI=1S/C36H66N4O11/c1-3-4-5-6-7-8-9-10-13-16-33(43)40-31(36(46)47)17-18-32(42)38-20-22-48-24-27-51-29-35(45)39-21-23-49-25-26-50-28-34(44)37-19-14-11-12-15-30(2)41/h31H,3-29H2,1-2H3,(H,37,44)(H,38,42)(H,39,45)(H,40,43)(H,46,47). The molecule has 0 aliphatic carbocycles. The molecule has 0 spiro atoms. The van der Waals surface area contributed by atoms with Gasteiger partial charge in [0.05, 0.1) is 39.6 Å². The average molecular weight is 731 g/mol. The fourth-order valence-electron chi connectivity index (χ4n) is 4.78. The van der Waals surface area contributed by atoms with Crippen molar-refractivity contribution in [2.24, 2.45) is 0 Å². The van der Waals surface area contributed by atoms with Crippen LogP contribution in [0.15, 0.2) is 0 Å². The van der Waals surface area contributed by atoms with E-state index in [-0.39, 0.29) is 108 Å². The van der Waals surface area contributed by atoms with E-state index in [1.165, 1.54) is 32.1 Å². The summed E-state index contributed by atoms with van der Waals surface area (Å²) in [5.74, 6) is -2.14. The van der Waals surface area contributed by atoms with Gasteiger partial charge in [-0.2, -0.15) is 0 Å². The summed E-state index contributed by atoms with van der Waals surface area (Å²) in [6, 6.07) is -1.11. The Morgan fingerprint density at radius 1 is 0.510 bits per heavy atom. The van der Waals surface area contributed by atoms with Crippen molar-refractivity contribution < 1.29 is 52.8 Å². The lowest BCUT2D eigenvalue weighted by Gasteiger charge is -2.14. The van der Waals surface area contributed by atoms with E-state index in [1.54, 1.807) is 6.92 Å². The minimum absolute atomic E-state index is 0.00531. The number of Topliss-reactive ketones (excluding diaryl/α,β-unsaturated/α-hetero) is 1. The van der Waals surface area contributed by atoms with Crippen LogP contribution in [0.4, 0.5) is 0 Å². The number of amides is 4. The second-order valence-electron chi connectivity index (χ2n) is 12.5. The highest BCUT2D eigenvalue weighted by Crippen LogP contribution is 2.11. The van der Waals surface area contributed by atoms with Gasteiger partial charge in [0.2, 0.25) is 23.6 Å². The van der Waals surface area contributed by atoms with Gasteiger partial charge in [0.25, 0.3) is 0 Å². The lowest BCUT2D eigenvalue weighted by atomic mass is 10.1. The van der Waals surface area contributed by atoms with E-state index < -0.39 is 12.0 Å². The molecule has 5 N–H and O–H groups in total. The Morgan fingerprint density at radius 2 is 0.980 bits per heavy atom. The summed E-state index contributed by atoms with van der Waals surface area (Å²) < 4.78 is 21.3. The molecule has 15 nitrogen and oxygen atoms in total. The third-order valence-electron chi connectivity index (χ3n) is 7.68. The molecule has 51 heavy (non-hydrogen) atoms. The molecule has 15 heteroatoms. The van der Waals surface area contributed by atoms with Crippen LogP contribution in [0.3, 0.4) is 0 Å². The summed E-state index contributed by atoms with van der Waals surface area (Å²) in [7, 11) is 0. The number of hydrogen-bond acceptors (Lipinski definition) is 10. The summed E-state index contributed by atoms with van der Waals surface area (Å²) in [6.45, 7) is 6.06. The van der Waals surface area contributed by atoms with Gasteiger partial charge in [-0.1, -0.05) is 64.7 Å². The lowest BCUT2D eigenvalue weighted by Crippen LogP contribution is -2.41. The molecule has 0 fully saturated rings. The first-order valence-corrected chi connectivity index (χ1v) is 18.8. The van der Waals surface area contributed by atoms with Crippen molar-refractivity contribution in [3.63, 3.8) is 0 Å². The first-order valence-electron chi connectivity index (χ1n) is 18.8. The quantitative estimate of drug-likeness (QED) is 0.0588. The normalized spacial score (nSPS) is 11.5. The Labute approximate surface area is 304 Å². The fraction of sp³-hybridized carbons (Fsp3) is 0.833. The Hall–Kier alpha value is -3.14. The Bertz CT molecular complexity index is 952. The summed E-state index contributed by atoms with van der Waals surface area (Å²) in [4.78, 5) is 70.3.